The molecule has 0 atom stereocenters. The zero-order valence-corrected chi connectivity index (χ0v) is 13.0. The summed E-state index contributed by atoms with van der Waals surface area (Å²) in [5.74, 6) is 0.642. The van der Waals surface area contributed by atoms with Crippen LogP contribution in [0.1, 0.15) is 59.8 Å². The van der Waals surface area contributed by atoms with Crippen molar-refractivity contribution in [3.63, 3.8) is 0 Å². The molecule has 0 aromatic carbocycles. The number of unbranched alkanes of at least 4 members (excludes halogenated alkanes) is 1. The van der Waals surface area contributed by atoms with Gasteiger partial charge in [-0.25, -0.2) is 0 Å². The first-order valence-corrected chi connectivity index (χ1v) is 7.58. The Morgan fingerprint density at radius 1 is 1.11 bits per heavy atom. The van der Waals surface area contributed by atoms with Crippen LogP contribution in [0.4, 0.5) is 0 Å². The lowest BCUT2D eigenvalue weighted by atomic mass is 10.0. The minimum absolute atomic E-state index is 0.0773. The SMILES string of the molecule is CC/C=C\CC/C=C\CN(C(=O)C1CC1)C(C)(C)C. The lowest BCUT2D eigenvalue weighted by molar-refractivity contribution is -0.136. The molecule has 1 aliphatic carbocycles. The minimum Gasteiger partial charge on any atom is -0.334 e. The van der Waals surface area contributed by atoms with Crippen molar-refractivity contribution < 1.29 is 4.79 Å². The number of hydrogen-bond acceptors (Lipinski definition) is 1. The zero-order valence-electron chi connectivity index (χ0n) is 13.0. The van der Waals surface area contributed by atoms with E-state index in [0.29, 0.717) is 11.8 Å². The fourth-order valence-corrected chi connectivity index (χ4v) is 2.02. The molecule has 1 fully saturated rings. The second-order valence-corrected chi connectivity index (χ2v) is 6.32. The fraction of sp³-hybridized carbons (Fsp3) is 0.706. The van der Waals surface area contributed by atoms with Crippen LogP contribution < -0.4 is 0 Å². The Morgan fingerprint density at radius 2 is 1.68 bits per heavy atom. The fourth-order valence-electron chi connectivity index (χ4n) is 2.02. The van der Waals surface area contributed by atoms with E-state index in [2.05, 4.69) is 52.0 Å². The van der Waals surface area contributed by atoms with E-state index < -0.39 is 0 Å². The maximum absolute atomic E-state index is 12.2. The van der Waals surface area contributed by atoms with Gasteiger partial charge in [0.2, 0.25) is 5.91 Å². The van der Waals surface area contributed by atoms with Crippen molar-refractivity contribution in [1.29, 1.82) is 0 Å². The molecule has 0 bridgehead atoms. The highest BCUT2D eigenvalue weighted by molar-refractivity contribution is 5.81. The summed E-state index contributed by atoms with van der Waals surface area (Å²) >= 11 is 0. The maximum Gasteiger partial charge on any atom is 0.226 e. The average Bonchev–Trinajstić information content (AvgIpc) is 3.14. The summed E-state index contributed by atoms with van der Waals surface area (Å²) in [5, 5.41) is 0. The Bertz CT molecular complexity index is 332. The van der Waals surface area contributed by atoms with E-state index in [-0.39, 0.29) is 5.54 Å². The molecule has 0 aromatic heterocycles. The molecule has 1 rings (SSSR count). The molecule has 1 amide bonds. The van der Waals surface area contributed by atoms with Gasteiger partial charge in [0.1, 0.15) is 0 Å². The average molecular weight is 263 g/mol. The molecule has 19 heavy (non-hydrogen) atoms. The Kier molecular flexibility index (Phi) is 6.33. The van der Waals surface area contributed by atoms with Gasteiger partial charge in [0, 0.05) is 18.0 Å². The number of nitrogens with zero attached hydrogens (tertiary/aromatic N) is 1. The third kappa shape index (κ3) is 6.09. The molecule has 0 unspecified atom stereocenters. The summed E-state index contributed by atoms with van der Waals surface area (Å²) in [4.78, 5) is 14.3. The number of carbonyl (C=O) groups is 1. The van der Waals surface area contributed by atoms with E-state index in [1.165, 1.54) is 0 Å². The topological polar surface area (TPSA) is 20.3 Å². The van der Waals surface area contributed by atoms with E-state index in [4.69, 9.17) is 0 Å². The monoisotopic (exact) mass is 263 g/mol. The molecular weight excluding hydrogens is 234 g/mol. The van der Waals surface area contributed by atoms with Crippen molar-refractivity contribution >= 4 is 5.91 Å². The first-order chi connectivity index (χ1) is 8.96. The molecule has 2 heteroatoms. The second-order valence-electron chi connectivity index (χ2n) is 6.32. The van der Waals surface area contributed by atoms with Gasteiger partial charge >= 0.3 is 0 Å². The predicted octanol–water partition coefficient (Wildman–Crippen LogP) is 4.33. The number of amides is 1. The van der Waals surface area contributed by atoms with Gasteiger partial charge in [-0.05, 0) is 52.9 Å². The molecule has 0 aliphatic heterocycles. The smallest absolute Gasteiger partial charge is 0.226 e. The van der Waals surface area contributed by atoms with Gasteiger partial charge in [0.25, 0.3) is 0 Å². The normalized spacial score (nSPS) is 16.4. The van der Waals surface area contributed by atoms with Crippen LogP contribution in [-0.2, 0) is 4.79 Å². The third-order valence-corrected chi connectivity index (χ3v) is 3.36. The highest BCUT2D eigenvalue weighted by Gasteiger charge is 2.36. The summed E-state index contributed by atoms with van der Waals surface area (Å²) in [6.07, 6.45) is 14.2. The van der Waals surface area contributed by atoms with Gasteiger partial charge in [-0.1, -0.05) is 31.2 Å². The van der Waals surface area contributed by atoms with Crippen LogP contribution in [-0.4, -0.2) is 22.9 Å². The van der Waals surface area contributed by atoms with Crippen molar-refractivity contribution in [3.05, 3.63) is 24.3 Å². The van der Waals surface area contributed by atoms with E-state index in [1.807, 2.05) is 4.90 Å². The van der Waals surface area contributed by atoms with Gasteiger partial charge < -0.3 is 4.90 Å². The quantitative estimate of drug-likeness (QED) is 0.494. The third-order valence-electron chi connectivity index (χ3n) is 3.36. The van der Waals surface area contributed by atoms with E-state index in [9.17, 15) is 4.79 Å². The van der Waals surface area contributed by atoms with Gasteiger partial charge in [-0.2, -0.15) is 0 Å². The summed E-state index contributed by atoms with van der Waals surface area (Å²) in [7, 11) is 0. The second kappa shape index (κ2) is 7.52. The maximum atomic E-state index is 12.2. The molecular formula is C17H29NO. The van der Waals surface area contributed by atoms with Crippen molar-refractivity contribution in [1.82, 2.24) is 4.90 Å². The molecule has 1 saturated carbocycles. The van der Waals surface area contributed by atoms with E-state index >= 15 is 0 Å². The standard InChI is InChI=1S/C17H29NO/c1-5-6-7-8-9-10-11-14-18(17(2,3)4)16(19)15-12-13-15/h6-7,10-11,15H,5,8-9,12-14H2,1-4H3/b7-6-,11-10-. The number of rotatable bonds is 7. The summed E-state index contributed by atoms with van der Waals surface area (Å²) in [5.41, 5.74) is -0.0773. The summed E-state index contributed by atoms with van der Waals surface area (Å²) in [6, 6.07) is 0. The van der Waals surface area contributed by atoms with Crippen LogP contribution in [0, 0.1) is 5.92 Å². The van der Waals surface area contributed by atoms with Gasteiger partial charge in [-0.15, -0.1) is 0 Å². The highest BCUT2D eigenvalue weighted by Crippen LogP contribution is 2.33. The van der Waals surface area contributed by atoms with Gasteiger partial charge in [0.15, 0.2) is 0 Å². The van der Waals surface area contributed by atoms with E-state index in [1.54, 1.807) is 0 Å². The Balaban J connectivity index is 2.38. The molecule has 0 aromatic rings. The Labute approximate surface area is 118 Å². The van der Waals surface area contributed by atoms with Crippen molar-refractivity contribution in [3.8, 4) is 0 Å². The van der Waals surface area contributed by atoms with Gasteiger partial charge in [0.05, 0.1) is 0 Å². The number of hydrogen-bond donors (Lipinski definition) is 0. The minimum atomic E-state index is -0.0773. The Morgan fingerprint density at radius 3 is 2.16 bits per heavy atom. The molecule has 0 radical (unpaired) electrons. The van der Waals surface area contributed by atoms with Crippen LogP contribution in [0.15, 0.2) is 24.3 Å². The number of carbonyl (C=O) groups excluding carboxylic acids is 1. The highest BCUT2D eigenvalue weighted by atomic mass is 16.2. The largest absolute Gasteiger partial charge is 0.334 e. The molecule has 0 N–H and O–H groups in total. The number of allylic oxidation sites excluding steroid dienone is 3. The van der Waals surface area contributed by atoms with Crippen LogP contribution in [0.2, 0.25) is 0 Å². The van der Waals surface area contributed by atoms with Crippen LogP contribution in [0.5, 0.6) is 0 Å². The van der Waals surface area contributed by atoms with Crippen LogP contribution in [0.25, 0.3) is 0 Å². The summed E-state index contributed by atoms with van der Waals surface area (Å²) < 4.78 is 0. The lowest BCUT2D eigenvalue weighted by Crippen LogP contribution is -2.46. The summed E-state index contributed by atoms with van der Waals surface area (Å²) in [6.45, 7) is 9.24. The molecule has 0 spiro atoms. The Hall–Kier alpha value is -1.05. The lowest BCUT2D eigenvalue weighted by Gasteiger charge is -2.35. The first-order valence-electron chi connectivity index (χ1n) is 7.58. The van der Waals surface area contributed by atoms with Crippen LogP contribution >= 0.6 is 0 Å². The van der Waals surface area contributed by atoms with Crippen molar-refractivity contribution in [2.75, 3.05) is 6.54 Å². The van der Waals surface area contributed by atoms with Crippen molar-refractivity contribution in [2.45, 2.75) is 65.3 Å². The van der Waals surface area contributed by atoms with E-state index in [0.717, 1.165) is 38.6 Å². The van der Waals surface area contributed by atoms with Crippen molar-refractivity contribution in [2.24, 2.45) is 5.92 Å². The van der Waals surface area contributed by atoms with Crippen LogP contribution in [0.3, 0.4) is 0 Å². The molecule has 1 aliphatic rings. The molecule has 2 nitrogen and oxygen atoms in total. The molecule has 108 valence electrons. The zero-order chi connectivity index (χ0) is 14.3. The molecule has 0 heterocycles. The molecule has 0 saturated heterocycles. The predicted molar refractivity (Wildman–Crippen MR) is 82.0 cm³/mol. The first kappa shape index (κ1) is 16.0. The van der Waals surface area contributed by atoms with Gasteiger partial charge in [-0.3, -0.25) is 4.79 Å².